The molecule has 0 saturated heterocycles. The summed E-state index contributed by atoms with van der Waals surface area (Å²) >= 11 is 0. The maximum atomic E-state index is 11.4. The van der Waals surface area contributed by atoms with Crippen molar-refractivity contribution < 1.29 is 4.79 Å². The van der Waals surface area contributed by atoms with E-state index < -0.39 is 11.9 Å². The minimum Gasteiger partial charge on any atom is -0.368 e. The van der Waals surface area contributed by atoms with Crippen molar-refractivity contribution in [1.82, 2.24) is 0 Å². The molecule has 0 aliphatic heterocycles. The van der Waals surface area contributed by atoms with Gasteiger partial charge in [-0.05, 0) is 11.1 Å². The number of hydrogen-bond acceptors (Lipinski definition) is 2. The molecule has 2 rings (SSSR count). The molecule has 0 aliphatic rings. The number of amides is 1. The standard InChI is InChI=1S/C16H16N2O/c17-16(19)15(11-13-7-3-1-4-8-13)18-12-14-9-5-2-6-10-14/h1-10,12,15H,11H2,(H2,17,19). The Morgan fingerprint density at radius 3 is 2.21 bits per heavy atom. The number of carbonyl (C=O) groups excluding carboxylic acids is 1. The van der Waals surface area contributed by atoms with Gasteiger partial charge in [0.05, 0.1) is 0 Å². The molecule has 0 heterocycles. The van der Waals surface area contributed by atoms with Gasteiger partial charge in [0, 0.05) is 12.6 Å². The van der Waals surface area contributed by atoms with Crippen LogP contribution < -0.4 is 5.73 Å². The maximum Gasteiger partial charge on any atom is 0.242 e. The number of nitrogens with two attached hydrogens (primary N) is 1. The second kappa shape index (κ2) is 6.50. The largest absolute Gasteiger partial charge is 0.368 e. The molecule has 3 heteroatoms. The van der Waals surface area contributed by atoms with Crippen LogP contribution in [0, 0.1) is 0 Å². The maximum absolute atomic E-state index is 11.4. The number of primary amides is 1. The van der Waals surface area contributed by atoms with Crippen molar-refractivity contribution in [3.63, 3.8) is 0 Å². The molecule has 1 unspecified atom stereocenters. The molecular formula is C16H16N2O. The molecule has 96 valence electrons. The van der Waals surface area contributed by atoms with Crippen LogP contribution in [0.25, 0.3) is 0 Å². The van der Waals surface area contributed by atoms with Crippen LogP contribution in [0.1, 0.15) is 11.1 Å². The number of hydrogen-bond donors (Lipinski definition) is 1. The first kappa shape index (κ1) is 13.0. The Morgan fingerprint density at radius 1 is 1.05 bits per heavy atom. The average molecular weight is 252 g/mol. The summed E-state index contributed by atoms with van der Waals surface area (Å²) in [4.78, 5) is 15.7. The van der Waals surface area contributed by atoms with Gasteiger partial charge in [-0.1, -0.05) is 60.7 Å². The summed E-state index contributed by atoms with van der Waals surface area (Å²) in [6.07, 6.45) is 2.22. The summed E-state index contributed by atoms with van der Waals surface area (Å²) in [7, 11) is 0. The molecule has 0 bridgehead atoms. The third kappa shape index (κ3) is 4.07. The van der Waals surface area contributed by atoms with Crippen molar-refractivity contribution in [2.45, 2.75) is 12.5 Å². The SMILES string of the molecule is NC(=O)C(Cc1ccccc1)N=Cc1ccccc1. The van der Waals surface area contributed by atoms with E-state index in [0.29, 0.717) is 6.42 Å². The molecule has 0 aliphatic carbocycles. The van der Waals surface area contributed by atoms with Crippen LogP contribution >= 0.6 is 0 Å². The van der Waals surface area contributed by atoms with Gasteiger partial charge in [-0.15, -0.1) is 0 Å². The van der Waals surface area contributed by atoms with Crippen LogP contribution in [0.2, 0.25) is 0 Å². The normalized spacial score (nSPS) is 12.4. The minimum absolute atomic E-state index is 0.406. The van der Waals surface area contributed by atoms with Crippen molar-refractivity contribution in [1.29, 1.82) is 0 Å². The van der Waals surface area contributed by atoms with E-state index >= 15 is 0 Å². The minimum atomic E-state index is -0.525. The van der Waals surface area contributed by atoms with Crippen molar-refractivity contribution in [2.24, 2.45) is 10.7 Å². The number of nitrogens with zero attached hydrogens (tertiary/aromatic N) is 1. The summed E-state index contributed by atoms with van der Waals surface area (Å²) in [6.45, 7) is 0. The van der Waals surface area contributed by atoms with Gasteiger partial charge in [0.15, 0.2) is 0 Å². The lowest BCUT2D eigenvalue weighted by Crippen LogP contribution is -2.29. The summed E-state index contributed by atoms with van der Waals surface area (Å²) < 4.78 is 0. The van der Waals surface area contributed by atoms with Crippen LogP contribution in [0.15, 0.2) is 65.7 Å². The van der Waals surface area contributed by atoms with E-state index in [9.17, 15) is 4.79 Å². The fourth-order valence-corrected chi connectivity index (χ4v) is 1.78. The van der Waals surface area contributed by atoms with Gasteiger partial charge in [0.2, 0.25) is 5.91 Å². The van der Waals surface area contributed by atoms with E-state index in [-0.39, 0.29) is 0 Å². The molecule has 19 heavy (non-hydrogen) atoms. The molecule has 2 aromatic rings. The molecule has 3 nitrogen and oxygen atoms in total. The molecule has 0 fully saturated rings. The summed E-state index contributed by atoms with van der Waals surface area (Å²) in [5.41, 5.74) is 7.41. The summed E-state index contributed by atoms with van der Waals surface area (Å²) in [5, 5.41) is 0. The molecule has 1 atom stereocenters. The van der Waals surface area contributed by atoms with Gasteiger partial charge in [0.25, 0.3) is 0 Å². The van der Waals surface area contributed by atoms with E-state index in [0.717, 1.165) is 11.1 Å². The van der Waals surface area contributed by atoms with Crippen LogP contribution in [-0.2, 0) is 11.2 Å². The zero-order chi connectivity index (χ0) is 13.5. The molecular weight excluding hydrogens is 236 g/mol. The zero-order valence-corrected chi connectivity index (χ0v) is 10.6. The second-order valence-corrected chi connectivity index (χ2v) is 4.30. The first-order chi connectivity index (χ1) is 9.25. The summed E-state index contributed by atoms with van der Waals surface area (Å²) in [6, 6.07) is 18.9. The second-order valence-electron chi connectivity index (χ2n) is 4.30. The van der Waals surface area contributed by atoms with E-state index in [2.05, 4.69) is 4.99 Å². The van der Waals surface area contributed by atoms with Crippen LogP contribution in [0.4, 0.5) is 0 Å². The third-order valence-electron chi connectivity index (χ3n) is 2.80. The van der Waals surface area contributed by atoms with E-state index in [1.165, 1.54) is 0 Å². The van der Waals surface area contributed by atoms with Gasteiger partial charge >= 0.3 is 0 Å². The highest BCUT2D eigenvalue weighted by Gasteiger charge is 2.13. The lowest BCUT2D eigenvalue weighted by Gasteiger charge is -2.08. The van der Waals surface area contributed by atoms with Crippen molar-refractivity contribution in [2.75, 3.05) is 0 Å². The highest BCUT2D eigenvalue weighted by atomic mass is 16.1. The first-order valence-electron chi connectivity index (χ1n) is 6.17. The average Bonchev–Trinajstić information content (AvgIpc) is 2.45. The van der Waals surface area contributed by atoms with Gasteiger partial charge in [-0.3, -0.25) is 9.79 Å². The number of benzene rings is 2. The fourth-order valence-electron chi connectivity index (χ4n) is 1.78. The van der Waals surface area contributed by atoms with Gasteiger partial charge < -0.3 is 5.73 Å². The number of rotatable bonds is 5. The Bertz CT molecular complexity index is 549. The quantitative estimate of drug-likeness (QED) is 0.815. The number of carbonyl (C=O) groups is 1. The molecule has 1 amide bonds. The van der Waals surface area contributed by atoms with Crippen LogP contribution in [0.3, 0.4) is 0 Å². The van der Waals surface area contributed by atoms with Gasteiger partial charge in [-0.25, -0.2) is 0 Å². The topological polar surface area (TPSA) is 55.5 Å². The Balaban J connectivity index is 2.09. The highest BCUT2D eigenvalue weighted by Crippen LogP contribution is 2.06. The molecule has 2 aromatic carbocycles. The van der Waals surface area contributed by atoms with Gasteiger partial charge in [-0.2, -0.15) is 0 Å². The Labute approximate surface area is 112 Å². The van der Waals surface area contributed by atoms with Gasteiger partial charge in [0.1, 0.15) is 6.04 Å². The first-order valence-corrected chi connectivity index (χ1v) is 6.17. The van der Waals surface area contributed by atoms with E-state index in [1.807, 2.05) is 60.7 Å². The predicted molar refractivity (Wildman–Crippen MR) is 77.2 cm³/mol. The molecule has 0 spiro atoms. The monoisotopic (exact) mass is 252 g/mol. The van der Waals surface area contributed by atoms with E-state index in [1.54, 1.807) is 6.21 Å². The molecule has 0 aromatic heterocycles. The Morgan fingerprint density at radius 2 is 1.63 bits per heavy atom. The summed E-state index contributed by atoms with van der Waals surface area (Å²) in [5.74, 6) is -0.406. The lowest BCUT2D eigenvalue weighted by molar-refractivity contribution is -0.119. The van der Waals surface area contributed by atoms with Crippen molar-refractivity contribution in [3.05, 3.63) is 71.8 Å². The molecule has 2 N–H and O–H groups in total. The smallest absolute Gasteiger partial charge is 0.242 e. The van der Waals surface area contributed by atoms with Crippen LogP contribution in [-0.4, -0.2) is 18.2 Å². The van der Waals surface area contributed by atoms with Crippen LogP contribution in [0.5, 0.6) is 0 Å². The fraction of sp³-hybridized carbons (Fsp3) is 0.125. The predicted octanol–water partition coefficient (Wildman–Crippen LogP) is 2.20. The van der Waals surface area contributed by atoms with Crippen molar-refractivity contribution in [3.8, 4) is 0 Å². The Kier molecular flexibility index (Phi) is 4.45. The van der Waals surface area contributed by atoms with Crippen molar-refractivity contribution >= 4 is 12.1 Å². The van der Waals surface area contributed by atoms with E-state index in [4.69, 9.17) is 5.73 Å². The third-order valence-corrected chi connectivity index (χ3v) is 2.80. The highest BCUT2D eigenvalue weighted by molar-refractivity contribution is 5.85. The Hall–Kier alpha value is -2.42. The zero-order valence-electron chi connectivity index (χ0n) is 10.6. The molecule has 0 saturated carbocycles. The molecule has 0 radical (unpaired) electrons. The lowest BCUT2D eigenvalue weighted by atomic mass is 10.1. The number of aliphatic imine (C=N–C) groups is 1.